The zero-order chi connectivity index (χ0) is 19.1. The second-order valence-electron chi connectivity index (χ2n) is 5.34. The van der Waals surface area contributed by atoms with Crippen LogP contribution in [0.2, 0.25) is 0 Å². The van der Waals surface area contributed by atoms with Crippen molar-refractivity contribution in [2.75, 3.05) is 0 Å². The molecular weight excluding hydrogens is 372 g/mol. The number of pyridine rings is 1. The maximum atomic E-state index is 14.1. The van der Waals surface area contributed by atoms with E-state index in [4.69, 9.17) is 5.14 Å². The van der Waals surface area contributed by atoms with Gasteiger partial charge in [-0.25, -0.2) is 31.1 Å². The summed E-state index contributed by atoms with van der Waals surface area (Å²) in [4.78, 5) is 2.76. The largest absolute Gasteiger partial charge is 0.256 e. The van der Waals surface area contributed by atoms with E-state index < -0.39 is 38.2 Å². The number of nitrogens with two attached hydrogens (primary N) is 1. The van der Waals surface area contributed by atoms with E-state index in [1.54, 1.807) is 0 Å². The second-order valence-corrected chi connectivity index (χ2v) is 6.84. The molecule has 0 amide bonds. The van der Waals surface area contributed by atoms with E-state index >= 15 is 0 Å². The molecule has 4 nitrogen and oxygen atoms in total. The van der Waals surface area contributed by atoms with Crippen LogP contribution in [0.1, 0.15) is 0 Å². The van der Waals surface area contributed by atoms with Crippen molar-refractivity contribution in [1.82, 2.24) is 4.98 Å². The van der Waals surface area contributed by atoms with Crippen LogP contribution >= 0.6 is 0 Å². The number of hydrogen-bond acceptors (Lipinski definition) is 3. The number of hydrogen-bond donors (Lipinski definition) is 1. The molecule has 0 spiro atoms. The molecule has 0 saturated carbocycles. The molecule has 0 aliphatic heterocycles. The lowest BCUT2D eigenvalue weighted by Gasteiger charge is -2.11. The van der Waals surface area contributed by atoms with Gasteiger partial charge in [-0.15, -0.1) is 0 Å². The predicted molar refractivity (Wildman–Crippen MR) is 86.3 cm³/mol. The van der Waals surface area contributed by atoms with Gasteiger partial charge in [0.25, 0.3) is 0 Å². The number of aromatic nitrogens is 1. The zero-order valence-electron chi connectivity index (χ0n) is 12.9. The molecule has 0 aliphatic carbocycles. The topological polar surface area (TPSA) is 73.1 Å². The summed E-state index contributed by atoms with van der Waals surface area (Å²) >= 11 is 0. The first-order chi connectivity index (χ1) is 12.2. The fourth-order valence-corrected chi connectivity index (χ4v) is 3.16. The van der Waals surface area contributed by atoms with E-state index in [0.717, 1.165) is 24.3 Å². The number of halogens is 4. The highest BCUT2D eigenvalue weighted by Gasteiger charge is 2.23. The molecule has 2 N–H and O–H groups in total. The minimum absolute atomic E-state index is 0.0530. The average molecular weight is 382 g/mol. The van der Waals surface area contributed by atoms with E-state index in [9.17, 15) is 26.0 Å². The van der Waals surface area contributed by atoms with E-state index in [0.29, 0.717) is 0 Å². The lowest BCUT2D eigenvalue weighted by molar-refractivity contribution is 0.509. The second kappa shape index (κ2) is 6.50. The normalized spacial score (nSPS) is 11.6. The summed E-state index contributed by atoms with van der Waals surface area (Å²) in [7, 11) is -4.60. The lowest BCUT2D eigenvalue weighted by Crippen LogP contribution is -2.16. The Morgan fingerprint density at radius 1 is 0.808 bits per heavy atom. The van der Waals surface area contributed by atoms with E-state index in [2.05, 4.69) is 4.98 Å². The molecule has 1 aromatic heterocycles. The lowest BCUT2D eigenvalue weighted by atomic mass is 9.99. The smallest absolute Gasteiger partial charge is 0.243 e. The molecule has 0 saturated heterocycles. The summed E-state index contributed by atoms with van der Waals surface area (Å²) < 4.78 is 77.4. The maximum absolute atomic E-state index is 14.1. The maximum Gasteiger partial charge on any atom is 0.243 e. The summed E-state index contributed by atoms with van der Waals surface area (Å²) in [6, 6.07) is 7.63. The standard InChI is InChI=1S/C17H10F4N2O2S/c18-12-4-3-9(6-13(12)19)11-2-1-5-23-16(11)10-7-14(20)17(15(21)8-10)26(22,24)25/h1-8H,(H2,22,24,25). The van der Waals surface area contributed by atoms with Crippen LogP contribution in [0.15, 0.2) is 53.6 Å². The summed E-state index contributed by atoms with van der Waals surface area (Å²) in [5.74, 6) is -4.91. The fraction of sp³-hybridized carbons (Fsp3) is 0. The van der Waals surface area contributed by atoms with Crippen molar-refractivity contribution < 1.29 is 26.0 Å². The van der Waals surface area contributed by atoms with Crippen molar-refractivity contribution >= 4 is 10.0 Å². The summed E-state index contributed by atoms with van der Waals surface area (Å²) in [5.41, 5.74) is 0.460. The van der Waals surface area contributed by atoms with E-state index in [1.807, 2.05) is 0 Å². The monoisotopic (exact) mass is 382 g/mol. The molecular formula is C17H10F4N2O2S. The van der Waals surface area contributed by atoms with Crippen LogP contribution in [0, 0.1) is 23.3 Å². The highest BCUT2D eigenvalue weighted by molar-refractivity contribution is 7.89. The van der Waals surface area contributed by atoms with Gasteiger partial charge in [0.2, 0.25) is 10.0 Å². The molecule has 3 aromatic rings. The molecule has 0 unspecified atom stereocenters. The van der Waals surface area contributed by atoms with Gasteiger partial charge in [0, 0.05) is 17.3 Å². The molecule has 0 fully saturated rings. The molecule has 0 bridgehead atoms. The van der Waals surface area contributed by atoms with Crippen LogP contribution in [0.3, 0.4) is 0 Å². The van der Waals surface area contributed by atoms with Crippen LogP contribution in [-0.4, -0.2) is 13.4 Å². The third-order valence-corrected chi connectivity index (χ3v) is 4.55. The summed E-state index contributed by atoms with van der Waals surface area (Å²) in [6.07, 6.45) is 1.34. The van der Waals surface area contributed by atoms with Crippen LogP contribution in [0.25, 0.3) is 22.4 Å². The van der Waals surface area contributed by atoms with Gasteiger partial charge in [-0.3, -0.25) is 4.98 Å². The van der Waals surface area contributed by atoms with Crippen LogP contribution in [0.4, 0.5) is 17.6 Å². The third kappa shape index (κ3) is 3.31. The Morgan fingerprint density at radius 2 is 1.42 bits per heavy atom. The van der Waals surface area contributed by atoms with Gasteiger partial charge in [-0.05, 0) is 35.9 Å². The Morgan fingerprint density at radius 3 is 2.00 bits per heavy atom. The molecule has 9 heteroatoms. The number of rotatable bonds is 3. The molecule has 2 aromatic carbocycles. The van der Waals surface area contributed by atoms with Gasteiger partial charge in [-0.1, -0.05) is 12.1 Å². The molecule has 134 valence electrons. The first-order valence-corrected chi connectivity index (χ1v) is 8.66. The van der Waals surface area contributed by atoms with Gasteiger partial charge >= 0.3 is 0 Å². The van der Waals surface area contributed by atoms with E-state index in [1.165, 1.54) is 24.4 Å². The molecule has 0 atom stereocenters. The quantitative estimate of drug-likeness (QED) is 0.704. The first-order valence-electron chi connectivity index (χ1n) is 7.11. The minimum Gasteiger partial charge on any atom is -0.256 e. The van der Waals surface area contributed by atoms with Crippen molar-refractivity contribution in [3.05, 3.63) is 71.9 Å². The Balaban J connectivity index is 2.22. The van der Waals surface area contributed by atoms with E-state index in [-0.39, 0.29) is 22.4 Å². The molecule has 1 heterocycles. The highest BCUT2D eigenvalue weighted by atomic mass is 32.2. The van der Waals surface area contributed by atoms with Crippen molar-refractivity contribution in [2.45, 2.75) is 4.90 Å². The van der Waals surface area contributed by atoms with Crippen molar-refractivity contribution in [2.24, 2.45) is 5.14 Å². The molecule has 0 radical (unpaired) electrons. The van der Waals surface area contributed by atoms with Gasteiger partial charge in [0.05, 0.1) is 5.69 Å². The summed E-state index contributed by atoms with van der Waals surface area (Å²) in [5, 5.41) is 4.80. The number of nitrogens with zero attached hydrogens (tertiary/aromatic N) is 1. The number of primary sulfonamides is 1. The fourth-order valence-electron chi connectivity index (χ4n) is 2.50. The Bertz CT molecular complexity index is 1090. The predicted octanol–water partition coefficient (Wildman–Crippen LogP) is 3.62. The average Bonchev–Trinajstić information content (AvgIpc) is 2.55. The molecule has 26 heavy (non-hydrogen) atoms. The zero-order valence-corrected chi connectivity index (χ0v) is 13.7. The Kier molecular flexibility index (Phi) is 4.51. The summed E-state index contributed by atoms with van der Waals surface area (Å²) in [6.45, 7) is 0. The highest BCUT2D eigenvalue weighted by Crippen LogP contribution is 2.33. The SMILES string of the molecule is NS(=O)(=O)c1c(F)cc(-c2ncccc2-c2ccc(F)c(F)c2)cc1F. The number of benzene rings is 2. The third-order valence-electron chi connectivity index (χ3n) is 3.59. The van der Waals surface area contributed by atoms with Gasteiger partial charge in [0.15, 0.2) is 16.5 Å². The van der Waals surface area contributed by atoms with Gasteiger partial charge < -0.3 is 0 Å². The van der Waals surface area contributed by atoms with Crippen molar-refractivity contribution in [1.29, 1.82) is 0 Å². The molecule has 0 aliphatic rings. The Labute approximate surface area is 146 Å². The number of sulfonamides is 1. The van der Waals surface area contributed by atoms with Crippen LogP contribution in [0.5, 0.6) is 0 Å². The van der Waals surface area contributed by atoms with Gasteiger partial charge in [-0.2, -0.15) is 0 Å². The van der Waals surface area contributed by atoms with Crippen molar-refractivity contribution in [3.8, 4) is 22.4 Å². The molecule has 3 rings (SSSR count). The minimum atomic E-state index is -4.60. The Hall–Kier alpha value is -2.78. The van der Waals surface area contributed by atoms with Gasteiger partial charge in [0.1, 0.15) is 11.6 Å². The van der Waals surface area contributed by atoms with Crippen LogP contribution < -0.4 is 5.14 Å². The van der Waals surface area contributed by atoms with Crippen LogP contribution in [-0.2, 0) is 10.0 Å². The first kappa shape index (κ1) is 18.0. The van der Waals surface area contributed by atoms with Crippen molar-refractivity contribution in [3.63, 3.8) is 0 Å².